The van der Waals surface area contributed by atoms with Crippen molar-refractivity contribution >= 4 is 5.97 Å². The number of allylic oxidation sites excluding steroid dienone is 1. The molecule has 0 spiro atoms. The fourth-order valence-corrected chi connectivity index (χ4v) is 4.82. The van der Waals surface area contributed by atoms with Crippen molar-refractivity contribution in [2.45, 2.75) is 32.3 Å². The Morgan fingerprint density at radius 2 is 2.06 bits per heavy atom. The minimum absolute atomic E-state index is 0.100. The fourth-order valence-electron chi connectivity index (χ4n) is 4.82. The standard InChI is InChI=1S/C15H18O2/c1-7-9-4-12(9)15(3)6-13-10(5-11(7)15)8(2)14(16)17-13/h9-13H,1-2,4-6H2,3H3/t9-,10-,11-,12-,13-,15+/m1/s1. The van der Waals surface area contributed by atoms with Gasteiger partial charge in [-0.15, -0.1) is 0 Å². The molecule has 2 heteroatoms. The fraction of sp³-hybridized carbons (Fsp3) is 0.667. The van der Waals surface area contributed by atoms with Crippen molar-refractivity contribution in [3.05, 3.63) is 24.3 Å². The average Bonchev–Trinajstić information content (AvgIpc) is 2.99. The van der Waals surface area contributed by atoms with Gasteiger partial charge in [0.05, 0.1) is 0 Å². The smallest absolute Gasteiger partial charge is 0.334 e. The van der Waals surface area contributed by atoms with Crippen LogP contribution in [0.15, 0.2) is 24.3 Å². The molecule has 1 heterocycles. The van der Waals surface area contributed by atoms with E-state index in [0.717, 1.165) is 24.7 Å². The van der Waals surface area contributed by atoms with Gasteiger partial charge in [0.1, 0.15) is 6.10 Å². The van der Waals surface area contributed by atoms with Gasteiger partial charge in [-0.05, 0) is 42.4 Å². The van der Waals surface area contributed by atoms with Crippen molar-refractivity contribution in [2.24, 2.45) is 29.1 Å². The number of hydrogen-bond donors (Lipinski definition) is 0. The molecule has 4 rings (SSSR count). The van der Waals surface area contributed by atoms with Crippen LogP contribution in [0.3, 0.4) is 0 Å². The monoisotopic (exact) mass is 230 g/mol. The van der Waals surface area contributed by atoms with E-state index < -0.39 is 0 Å². The number of hydrogen-bond acceptors (Lipinski definition) is 2. The zero-order valence-electron chi connectivity index (χ0n) is 10.2. The van der Waals surface area contributed by atoms with Crippen molar-refractivity contribution < 1.29 is 9.53 Å². The van der Waals surface area contributed by atoms with Gasteiger partial charge < -0.3 is 4.74 Å². The summed E-state index contributed by atoms with van der Waals surface area (Å²) in [5.41, 5.74) is 2.49. The zero-order chi connectivity index (χ0) is 11.9. The lowest BCUT2D eigenvalue weighted by molar-refractivity contribution is -0.142. The van der Waals surface area contributed by atoms with E-state index in [1.54, 1.807) is 0 Å². The summed E-state index contributed by atoms with van der Waals surface area (Å²) in [6.45, 7) is 10.6. The number of fused-ring (bicyclic) bond motifs is 4. The molecule has 90 valence electrons. The van der Waals surface area contributed by atoms with Crippen molar-refractivity contribution in [1.29, 1.82) is 0 Å². The summed E-state index contributed by atoms with van der Waals surface area (Å²) in [4.78, 5) is 11.6. The molecule has 4 aliphatic rings. The molecule has 0 bridgehead atoms. The molecule has 3 saturated carbocycles. The first-order valence-corrected chi connectivity index (χ1v) is 6.61. The van der Waals surface area contributed by atoms with E-state index >= 15 is 0 Å². The second-order valence-electron chi connectivity index (χ2n) is 6.60. The molecule has 0 amide bonds. The molecule has 0 aromatic rings. The first kappa shape index (κ1) is 9.93. The van der Waals surface area contributed by atoms with Crippen LogP contribution < -0.4 is 0 Å². The molecule has 1 saturated heterocycles. The highest BCUT2D eigenvalue weighted by molar-refractivity contribution is 5.90. The van der Waals surface area contributed by atoms with Gasteiger partial charge in [0.15, 0.2) is 0 Å². The van der Waals surface area contributed by atoms with Crippen LogP contribution in [0.25, 0.3) is 0 Å². The Balaban J connectivity index is 1.72. The molecule has 0 aromatic heterocycles. The maximum atomic E-state index is 11.6. The van der Waals surface area contributed by atoms with Crippen molar-refractivity contribution in [3.8, 4) is 0 Å². The van der Waals surface area contributed by atoms with E-state index in [9.17, 15) is 4.79 Å². The lowest BCUT2D eigenvalue weighted by Gasteiger charge is -2.43. The molecule has 0 radical (unpaired) electrons. The summed E-state index contributed by atoms with van der Waals surface area (Å²) >= 11 is 0. The molecule has 1 aliphatic heterocycles. The van der Waals surface area contributed by atoms with Crippen LogP contribution in [-0.4, -0.2) is 12.1 Å². The van der Waals surface area contributed by atoms with Crippen LogP contribution in [0.1, 0.15) is 26.2 Å². The van der Waals surface area contributed by atoms with Crippen LogP contribution in [0, 0.1) is 29.1 Å². The van der Waals surface area contributed by atoms with E-state index in [2.05, 4.69) is 20.1 Å². The minimum atomic E-state index is -0.165. The first-order chi connectivity index (χ1) is 8.02. The van der Waals surface area contributed by atoms with Crippen LogP contribution in [0.2, 0.25) is 0 Å². The van der Waals surface area contributed by atoms with Gasteiger partial charge in [0.25, 0.3) is 0 Å². The van der Waals surface area contributed by atoms with Gasteiger partial charge in [0.2, 0.25) is 0 Å². The van der Waals surface area contributed by atoms with Crippen LogP contribution in [0.5, 0.6) is 0 Å². The maximum Gasteiger partial charge on any atom is 0.334 e. The van der Waals surface area contributed by atoms with Crippen molar-refractivity contribution in [1.82, 2.24) is 0 Å². The highest BCUT2D eigenvalue weighted by atomic mass is 16.6. The molecule has 0 unspecified atom stereocenters. The lowest BCUT2D eigenvalue weighted by atomic mass is 9.61. The molecule has 17 heavy (non-hydrogen) atoms. The van der Waals surface area contributed by atoms with E-state index in [1.165, 1.54) is 12.0 Å². The molecule has 2 nitrogen and oxygen atoms in total. The van der Waals surface area contributed by atoms with Crippen LogP contribution in [-0.2, 0) is 9.53 Å². The Kier molecular flexibility index (Phi) is 1.56. The third-order valence-electron chi connectivity index (χ3n) is 5.91. The second-order valence-corrected chi connectivity index (χ2v) is 6.60. The third kappa shape index (κ3) is 1.00. The number of rotatable bonds is 0. The molecule has 0 aromatic carbocycles. The number of carbonyl (C=O) groups is 1. The van der Waals surface area contributed by atoms with Crippen molar-refractivity contribution in [2.75, 3.05) is 0 Å². The zero-order valence-corrected chi connectivity index (χ0v) is 10.2. The molecule has 3 aliphatic carbocycles. The predicted octanol–water partition coefficient (Wildman–Crippen LogP) is 2.71. The van der Waals surface area contributed by atoms with E-state index in [1.807, 2.05) is 0 Å². The maximum absolute atomic E-state index is 11.6. The van der Waals surface area contributed by atoms with Gasteiger partial charge in [-0.1, -0.05) is 25.7 Å². The number of carbonyl (C=O) groups excluding carboxylic acids is 1. The minimum Gasteiger partial charge on any atom is -0.458 e. The Hall–Kier alpha value is -1.05. The van der Waals surface area contributed by atoms with Gasteiger partial charge in [0, 0.05) is 11.5 Å². The summed E-state index contributed by atoms with van der Waals surface area (Å²) in [6.07, 6.45) is 3.48. The summed E-state index contributed by atoms with van der Waals surface area (Å²) in [5, 5.41) is 0. The quantitative estimate of drug-likeness (QED) is 0.363. The van der Waals surface area contributed by atoms with Gasteiger partial charge >= 0.3 is 5.97 Å². The molecular formula is C15H18O2. The molecule has 4 fully saturated rings. The third-order valence-corrected chi connectivity index (χ3v) is 5.91. The SMILES string of the molecule is C=C1C(=O)O[C@@H]2C[C@@]3(C)[C@H](C[C@H]12)C(=C)[C@H]1C[C@H]13. The summed E-state index contributed by atoms with van der Waals surface area (Å²) in [5.74, 6) is 2.27. The van der Waals surface area contributed by atoms with Crippen molar-refractivity contribution in [3.63, 3.8) is 0 Å². The second kappa shape index (κ2) is 2.68. The molecular weight excluding hydrogens is 212 g/mol. The Bertz CT molecular complexity index is 464. The number of esters is 1. The van der Waals surface area contributed by atoms with Crippen LogP contribution >= 0.6 is 0 Å². The topological polar surface area (TPSA) is 26.3 Å². The Labute approximate surface area is 102 Å². The Morgan fingerprint density at radius 3 is 2.82 bits per heavy atom. The average molecular weight is 230 g/mol. The van der Waals surface area contributed by atoms with Crippen LogP contribution in [0.4, 0.5) is 0 Å². The van der Waals surface area contributed by atoms with Gasteiger partial charge in [-0.3, -0.25) is 0 Å². The van der Waals surface area contributed by atoms with E-state index in [0.29, 0.717) is 16.9 Å². The Morgan fingerprint density at radius 1 is 1.29 bits per heavy atom. The summed E-state index contributed by atoms with van der Waals surface area (Å²) < 4.78 is 5.48. The highest BCUT2D eigenvalue weighted by Crippen LogP contribution is 2.72. The normalized spacial score (nSPS) is 55.1. The summed E-state index contributed by atoms with van der Waals surface area (Å²) in [7, 11) is 0. The molecule has 6 atom stereocenters. The van der Waals surface area contributed by atoms with Gasteiger partial charge in [-0.25, -0.2) is 4.79 Å². The predicted molar refractivity (Wildman–Crippen MR) is 64.1 cm³/mol. The number of ether oxygens (including phenoxy) is 1. The first-order valence-electron chi connectivity index (χ1n) is 6.61. The largest absolute Gasteiger partial charge is 0.458 e. The molecule has 0 N–H and O–H groups in total. The lowest BCUT2D eigenvalue weighted by Crippen LogP contribution is -2.40. The van der Waals surface area contributed by atoms with E-state index in [-0.39, 0.29) is 18.0 Å². The summed E-state index contributed by atoms with van der Waals surface area (Å²) in [6, 6.07) is 0. The van der Waals surface area contributed by atoms with E-state index in [4.69, 9.17) is 4.74 Å². The van der Waals surface area contributed by atoms with Gasteiger partial charge in [-0.2, -0.15) is 0 Å². The highest BCUT2D eigenvalue weighted by Gasteiger charge is 2.66.